The van der Waals surface area contributed by atoms with Crippen LogP contribution in [0.15, 0.2) is 138 Å². The molecule has 15 nitrogen and oxygen atoms in total. The molecule has 4 N–H and O–H groups in total. The molecule has 3 heterocycles. The number of hydrogen-bond acceptors (Lipinski definition) is 12. The van der Waals surface area contributed by atoms with Gasteiger partial charge in [0, 0.05) is 35.9 Å². The summed E-state index contributed by atoms with van der Waals surface area (Å²) in [5.74, 6) is 0.910. The first-order valence-corrected chi connectivity index (χ1v) is 20.7. The number of amides is 1. The van der Waals surface area contributed by atoms with Gasteiger partial charge in [-0.3, -0.25) is 4.79 Å². The number of fused-ring (bicyclic) bond motifs is 1. The van der Waals surface area contributed by atoms with Gasteiger partial charge in [0.05, 0.1) is 35.6 Å². The number of carboxylic acid groups (broad SMARTS) is 1. The second-order valence-corrected chi connectivity index (χ2v) is 15.2. The smallest absolute Gasteiger partial charge is 0.326 e. The number of quaternary nitrogens is 1. The van der Waals surface area contributed by atoms with Crippen LogP contribution in [0.1, 0.15) is 40.7 Å². The van der Waals surface area contributed by atoms with E-state index >= 15 is 0 Å². The lowest BCUT2D eigenvalue weighted by Crippen LogP contribution is -2.71. The summed E-state index contributed by atoms with van der Waals surface area (Å²) in [7, 11) is -4.69. The second kappa shape index (κ2) is 19.7. The second-order valence-electron chi connectivity index (χ2n) is 13.8. The van der Waals surface area contributed by atoms with E-state index in [-0.39, 0.29) is 24.3 Å². The van der Waals surface area contributed by atoms with Gasteiger partial charge in [-0.1, -0.05) is 77.9 Å². The van der Waals surface area contributed by atoms with Gasteiger partial charge in [-0.2, -0.15) is 5.43 Å². The molecular weight excluding hydrogens is 803 g/mol. The predicted octanol–water partition coefficient (Wildman–Crippen LogP) is 5.73. The van der Waals surface area contributed by atoms with E-state index in [4.69, 9.17) is 23.9 Å². The summed E-state index contributed by atoms with van der Waals surface area (Å²) in [6.07, 6.45) is 4.73. The molecule has 61 heavy (non-hydrogen) atoms. The van der Waals surface area contributed by atoms with Crippen LogP contribution in [0.25, 0.3) is 22.4 Å². The summed E-state index contributed by atoms with van der Waals surface area (Å²) in [6, 6.07) is 34.1. The zero-order valence-corrected chi connectivity index (χ0v) is 33.5. The fourth-order valence-corrected chi connectivity index (χ4v) is 7.07. The van der Waals surface area contributed by atoms with Crippen molar-refractivity contribution in [3.05, 3.63) is 144 Å². The summed E-state index contributed by atoms with van der Waals surface area (Å²) in [5, 5.41) is 16.6. The van der Waals surface area contributed by atoms with Gasteiger partial charge in [-0.15, -0.1) is 0 Å². The first-order valence-electron chi connectivity index (χ1n) is 19.3. The van der Waals surface area contributed by atoms with Gasteiger partial charge in [0.15, 0.2) is 11.5 Å². The Hall–Kier alpha value is -7.14. The maximum atomic E-state index is 13.1. The highest BCUT2D eigenvalue weighted by atomic mass is 32.2. The molecule has 0 saturated heterocycles. The molecule has 0 saturated carbocycles. The normalized spacial score (nSPS) is 12.5. The van der Waals surface area contributed by atoms with Gasteiger partial charge < -0.3 is 33.9 Å². The third-order valence-corrected chi connectivity index (χ3v) is 10.4. The minimum Gasteiger partial charge on any atom is -0.744 e. The summed E-state index contributed by atoms with van der Waals surface area (Å²) in [6.45, 7) is 1.03. The molecule has 7 rings (SSSR count). The average molecular weight is 844 g/mol. The highest BCUT2D eigenvalue weighted by Gasteiger charge is 2.23. The first kappa shape index (κ1) is 42.0. The molecule has 1 atom stereocenters. The minimum atomic E-state index is -4.69. The van der Waals surface area contributed by atoms with Gasteiger partial charge in [-0.05, 0) is 72.4 Å². The first-order chi connectivity index (χ1) is 29.6. The monoisotopic (exact) mass is 843 g/mol. The summed E-state index contributed by atoms with van der Waals surface area (Å²) < 4.78 is 57.8. The van der Waals surface area contributed by atoms with Gasteiger partial charge >= 0.3 is 5.97 Å². The predicted molar refractivity (Wildman–Crippen MR) is 223 cm³/mol. The number of para-hydroxylation sites is 1. The van der Waals surface area contributed by atoms with E-state index in [1.807, 2.05) is 60.7 Å². The van der Waals surface area contributed by atoms with Crippen molar-refractivity contribution < 1.29 is 52.0 Å². The van der Waals surface area contributed by atoms with Crippen molar-refractivity contribution in [2.24, 2.45) is 5.10 Å². The Morgan fingerprint density at radius 2 is 1.59 bits per heavy atom. The van der Waals surface area contributed by atoms with Crippen LogP contribution in [0.3, 0.4) is 0 Å². The Bertz CT molecular complexity index is 2630. The summed E-state index contributed by atoms with van der Waals surface area (Å²) >= 11 is 0. The number of carbonyl (C=O) groups is 2. The molecule has 16 heteroatoms. The third-order valence-electron chi connectivity index (χ3n) is 9.53. The van der Waals surface area contributed by atoms with E-state index in [0.717, 1.165) is 41.6 Å². The van der Waals surface area contributed by atoms with E-state index in [9.17, 15) is 27.7 Å². The van der Waals surface area contributed by atoms with E-state index in [0.29, 0.717) is 47.7 Å². The van der Waals surface area contributed by atoms with Crippen molar-refractivity contribution in [1.82, 2.24) is 15.3 Å². The molecule has 4 aromatic carbocycles. The lowest BCUT2D eigenvalue weighted by Gasteiger charge is -2.17. The number of carboxylic acids is 1. The number of nitrogens with two attached hydrogens (primary N) is 1. The molecule has 1 aliphatic heterocycles. The molecule has 1 amide bonds. The molecule has 0 aliphatic carbocycles. The Morgan fingerprint density at radius 1 is 0.836 bits per heavy atom. The number of hydrogen-bond donors (Lipinski definition) is 3. The number of nitrogens with one attached hydrogen (secondary N) is 1. The average Bonchev–Trinajstić information content (AvgIpc) is 3.75. The van der Waals surface area contributed by atoms with E-state index < -0.39 is 32.9 Å². The molecule has 6 aromatic rings. The van der Waals surface area contributed by atoms with Gasteiger partial charge in [0.2, 0.25) is 12.7 Å². The molecule has 312 valence electrons. The number of aliphatic carboxylic acids is 1. The number of unbranched alkanes of at least 4 members (excludes halogenated alkanes) is 2. The van der Waals surface area contributed by atoms with Crippen LogP contribution >= 0.6 is 0 Å². The fraction of sp³-hybridized carbons (Fsp3) is 0.178. The Kier molecular flexibility index (Phi) is 13.6. The zero-order valence-electron chi connectivity index (χ0n) is 32.7. The quantitative estimate of drug-likeness (QED) is 0.0293. The molecule has 0 fully saturated rings. The van der Waals surface area contributed by atoms with Crippen LogP contribution in [0.5, 0.6) is 23.1 Å². The van der Waals surface area contributed by atoms with Crippen molar-refractivity contribution in [2.75, 3.05) is 20.0 Å². The number of aromatic nitrogens is 2. The van der Waals surface area contributed by atoms with Crippen LogP contribution in [0.2, 0.25) is 0 Å². The van der Waals surface area contributed by atoms with Crippen LogP contribution in [-0.2, 0) is 21.3 Å². The maximum Gasteiger partial charge on any atom is 0.326 e. The number of nitrogens with zero attached hydrogens (tertiary/aromatic N) is 3. The van der Waals surface area contributed by atoms with Crippen molar-refractivity contribution in [2.45, 2.75) is 36.6 Å². The van der Waals surface area contributed by atoms with Crippen LogP contribution in [0.4, 0.5) is 5.82 Å². The number of rotatable bonds is 19. The number of carbonyl (C=O) groups excluding carboxylic acids is 1. The fourth-order valence-electron chi connectivity index (χ4n) is 6.42. The maximum absolute atomic E-state index is 13.1. The zero-order chi connectivity index (χ0) is 42.6. The summed E-state index contributed by atoms with van der Waals surface area (Å²) in [4.78, 5) is 33.9. The highest BCUT2D eigenvalue weighted by molar-refractivity contribution is 7.85. The van der Waals surface area contributed by atoms with E-state index in [2.05, 4.69) is 15.4 Å². The van der Waals surface area contributed by atoms with Gasteiger partial charge in [0.25, 0.3) is 11.7 Å². The van der Waals surface area contributed by atoms with Crippen molar-refractivity contribution >= 4 is 34.0 Å². The van der Waals surface area contributed by atoms with E-state index in [1.54, 1.807) is 30.3 Å². The highest BCUT2D eigenvalue weighted by Crippen LogP contribution is 2.37. The molecule has 0 radical (unpaired) electrons. The minimum absolute atomic E-state index is 0.0249. The van der Waals surface area contributed by atoms with Crippen LogP contribution < -0.4 is 29.7 Å². The Morgan fingerprint density at radius 3 is 2.38 bits per heavy atom. The van der Waals surface area contributed by atoms with Crippen LogP contribution in [0, 0.1) is 0 Å². The molecular formula is C45H41N5O10S. The SMILES string of the molecule is O=C(NC(Cc1ccccc1OCCCCCOc1cc(-c2ccc3c(c2)OCO3)cc(-c2ccccc2)n1)C(=O)O)c1ccc([NH2+]/N=C/c2ccccc2S(=O)(=O)[O-])nc1. The third kappa shape index (κ3) is 11.3. The van der Waals surface area contributed by atoms with Gasteiger partial charge in [0.1, 0.15) is 21.9 Å². The van der Waals surface area contributed by atoms with Gasteiger partial charge in [-0.25, -0.2) is 23.2 Å². The lowest BCUT2D eigenvalue weighted by atomic mass is 10.0. The number of benzene rings is 4. The van der Waals surface area contributed by atoms with Crippen molar-refractivity contribution in [1.29, 1.82) is 0 Å². The van der Waals surface area contributed by atoms with Crippen LogP contribution in [-0.4, -0.2) is 72.2 Å². The van der Waals surface area contributed by atoms with Crippen molar-refractivity contribution in [3.63, 3.8) is 0 Å². The van der Waals surface area contributed by atoms with E-state index in [1.165, 1.54) is 48.2 Å². The molecule has 1 aliphatic rings. The standard InChI is InChI=1S/C45H41N5O10S/c51-44(34-18-20-42(46-27-34)50-47-28-33-14-6-8-16-41(33)61(54,55)56)49-37(45(52)53)23-32-13-5-7-15-38(32)57-21-9-2-10-22-58-43-26-35(24-36(48-43)30-11-3-1-4-12-30)31-17-19-39-40(25-31)60-29-59-39/h1,3-8,11-20,24-28,37H,2,9-10,21-23,29H2,(H,46,50)(H,49,51)(H,52,53)(H,54,55,56)/b47-28+. The molecule has 2 aromatic heterocycles. The Balaban J connectivity index is 0.887. The number of ether oxygens (including phenoxy) is 4. The Labute approximate surface area is 351 Å². The largest absolute Gasteiger partial charge is 0.744 e. The molecule has 1 unspecified atom stereocenters. The number of pyridine rings is 2. The van der Waals surface area contributed by atoms with Crippen molar-refractivity contribution in [3.8, 4) is 45.5 Å². The lowest BCUT2D eigenvalue weighted by molar-refractivity contribution is -0.580. The summed E-state index contributed by atoms with van der Waals surface area (Å²) in [5.41, 5.74) is 5.83. The topological polar surface area (TPSA) is 215 Å². The molecule has 0 bridgehead atoms. The molecule has 0 spiro atoms.